The SMILES string of the molecule is O=C(NC(C1CC1)C1CC1)c1cnns1. The first-order chi connectivity index (χ1) is 7.34. The summed E-state index contributed by atoms with van der Waals surface area (Å²) in [5.74, 6) is 1.48. The molecular formula is C10H13N3OS. The Kier molecular flexibility index (Phi) is 2.20. The molecule has 0 aromatic carbocycles. The zero-order chi connectivity index (χ0) is 10.3. The van der Waals surface area contributed by atoms with Crippen LogP contribution in [0.15, 0.2) is 6.20 Å². The lowest BCUT2D eigenvalue weighted by Crippen LogP contribution is -2.37. The van der Waals surface area contributed by atoms with Crippen molar-refractivity contribution < 1.29 is 4.79 Å². The van der Waals surface area contributed by atoms with E-state index in [2.05, 4.69) is 14.9 Å². The molecule has 2 fully saturated rings. The molecule has 1 N–H and O–H groups in total. The zero-order valence-electron chi connectivity index (χ0n) is 8.35. The molecule has 0 radical (unpaired) electrons. The van der Waals surface area contributed by atoms with Gasteiger partial charge in [-0.1, -0.05) is 4.49 Å². The van der Waals surface area contributed by atoms with E-state index in [0.717, 1.165) is 23.4 Å². The molecule has 0 atom stereocenters. The second-order valence-electron chi connectivity index (χ2n) is 4.46. The van der Waals surface area contributed by atoms with Crippen LogP contribution in [-0.2, 0) is 0 Å². The van der Waals surface area contributed by atoms with Crippen LogP contribution in [0.4, 0.5) is 0 Å². The van der Waals surface area contributed by atoms with Crippen LogP contribution in [0.5, 0.6) is 0 Å². The fourth-order valence-corrected chi connectivity index (χ4v) is 2.44. The minimum atomic E-state index is 0.00815. The molecule has 0 spiro atoms. The maximum absolute atomic E-state index is 11.8. The predicted molar refractivity (Wildman–Crippen MR) is 56.6 cm³/mol. The number of hydrogen-bond donors (Lipinski definition) is 1. The lowest BCUT2D eigenvalue weighted by atomic mass is 10.1. The number of carbonyl (C=O) groups is 1. The molecule has 2 saturated carbocycles. The third-order valence-corrected chi connectivity index (χ3v) is 3.81. The number of carbonyl (C=O) groups excluding carboxylic acids is 1. The van der Waals surface area contributed by atoms with E-state index >= 15 is 0 Å². The fourth-order valence-electron chi connectivity index (χ4n) is 2.02. The van der Waals surface area contributed by atoms with Crippen molar-refractivity contribution in [3.05, 3.63) is 11.1 Å². The van der Waals surface area contributed by atoms with E-state index < -0.39 is 0 Å². The molecule has 0 saturated heterocycles. The van der Waals surface area contributed by atoms with E-state index in [1.165, 1.54) is 31.9 Å². The summed E-state index contributed by atoms with van der Waals surface area (Å²) in [6.45, 7) is 0. The van der Waals surface area contributed by atoms with Crippen molar-refractivity contribution in [1.29, 1.82) is 0 Å². The van der Waals surface area contributed by atoms with Gasteiger partial charge in [-0.2, -0.15) is 0 Å². The Morgan fingerprint density at radius 2 is 2.07 bits per heavy atom. The molecule has 0 unspecified atom stereocenters. The molecule has 2 aliphatic rings. The van der Waals surface area contributed by atoms with E-state index in [1.54, 1.807) is 0 Å². The van der Waals surface area contributed by atoms with Gasteiger partial charge in [0, 0.05) is 6.04 Å². The van der Waals surface area contributed by atoms with Gasteiger partial charge in [0.05, 0.1) is 6.20 Å². The normalized spacial score (nSPS) is 20.6. The van der Waals surface area contributed by atoms with E-state index in [9.17, 15) is 4.79 Å². The second kappa shape index (κ2) is 3.56. The molecule has 15 heavy (non-hydrogen) atoms. The molecule has 1 heterocycles. The number of nitrogens with one attached hydrogen (secondary N) is 1. The summed E-state index contributed by atoms with van der Waals surface area (Å²) >= 11 is 1.16. The number of aromatic nitrogens is 2. The number of amides is 1. The Morgan fingerprint density at radius 3 is 2.53 bits per heavy atom. The minimum absolute atomic E-state index is 0.00815. The highest BCUT2D eigenvalue weighted by Crippen LogP contribution is 2.44. The quantitative estimate of drug-likeness (QED) is 0.840. The van der Waals surface area contributed by atoms with Crippen molar-refractivity contribution in [1.82, 2.24) is 14.9 Å². The van der Waals surface area contributed by atoms with Gasteiger partial charge in [0.25, 0.3) is 5.91 Å². The van der Waals surface area contributed by atoms with Gasteiger partial charge in [-0.15, -0.1) is 5.10 Å². The fraction of sp³-hybridized carbons (Fsp3) is 0.700. The Labute approximate surface area is 92.2 Å². The van der Waals surface area contributed by atoms with Gasteiger partial charge in [0.15, 0.2) is 0 Å². The first-order valence-corrected chi connectivity index (χ1v) is 6.20. The monoisotopic (exact) mass is 223 g/mol. The van der Waals surface area contributed by atoms with Gasteiger partial charge in [0.2, 0.25) is 0 Å². The maximum Gasteiger partial charge on any atom is 0.264 e. The van der Waals surface area contributed by atoms with Crippen molar-refractivity contribution in [3.63, 3.8) is 0 Å². The predicted octanol–water partition coefficient (Wildman–Crippen LogP) is 1.46. The van der Waals surface area contributed by atoms with Gasteiger partial charge in [-0.05, 0) is 49.1 Å². The molecule has 1 amide bonds. The molecule has 1 aromatic rings. The Bertz CT molecular complexity index is 345. The molecule has 0 aliphatic heterocycles. The molecule has 3 rings (SSSR count). The Balaban J connectivity index is 1.65. The van der Waals surface area contributed by atoms with Crippen LogP contribution in [0.3, 0.4) is 0 Å². The number of hydrogen-bond acceptors (Lipinski definition) is 4. The van der Waals surface area contributed by atoms with Crippen LogP contribution in [0.25, 0.3) is 0 Å². The van der Waals surface area contributed by atoms with E-state index in [4.69, 9.17) is 0 Å². The van der Waals surface area contributed by atoms with Crippen LogP contribution in [0.2, 0.25) is 0 Å². The van der Waals surface area contributed by atoms with Crippen molar-refractivity contribution in [2.45, 2.75) is 31.7 Å². The minimum Gasteiger partial charge on any atom is -0.348 e. The summed E-state index contributed by atoms with van der Waals surface area (Å²) < 4.78 is 3.70. The van der Waals surface area contributed by atoms with Gasteiger partial charge < -0.3 is 5.32 Å². The lowest BCUT2D eigenvalue weighted by molar-refractivity contribution is 0.0930. The molecule has 2 aliphatic carbocycles. The van der Waals surface area contributed by atoms with Crippen LogP contribution in [0, 0.1) is 11.8 Å². The van der Waals surface area contributed by atoms with Crippen LogP contribution >= 0.6 is 11.5 Å². The maximum atomic E-state index is 11.8. The van der Waals surface area contributed by atoms with Crippen LogP contribution in [0.1, 0.15) is 35.4 Å². The molecule has 0 bridgehead atoms. The zero-order valence-corrected chi connectivity index (χ0v) is 9.17. The second-order valence-corrected chi connectivity index (χ2v) is 5.24. The molecule has 5 heteroatoms. The van der Waals surface area contributed by atoms with E-state index in [-0.39, 0.29) is 5.91 Å². The highest BCUT2D eigenvalue weighted by molar-refractivity contribution is 7.07. The average Bonchev–Trinajstić information content (AvgIpc) is 3.15. The summed E-state index contributed by atoms with van der Waals surface area (Å²) in [5, 5.41) is 6.81. The highest BCUT2D eigenvalue weighted by atomic mass is 32.1. The highest BCUT2D eigenvalue weighted by Gasteiger charge is 2.42. The van der Waals surface area contributed by atoms with Gasteiger partial charge in [0.1, 0.15) is 4.88 Å². The number of rotatable bonds is 4. The molecule has 4 nitrogen and oxygen atoms in total. The summed E-state index contributed by atoms with van der Waals surface area (Å²) in [6, 6.07) is 0.416. The van der Waals surface area contributed by atoms with Gasteiger partial charge in [-0.25, -0.2) is 0 Å². The first kappa shape index (κ1) is 9.27. The van der Waals surface area contributed by atoms with Crippen LogP contribution < -0.4 is 5.32 Å². The third-order valence-electron chi connectivity index (χ3n) is 3.14. The third kappa shape index (κ3) is 2.02. The van der Waals surface area contributed by atoms with E-state index in [0.29, 0.717) is 10.9 Å². The summed E-state index contributed by atoms with van der Waals surface area (Å²) in [5.41, 5.74) is 0. The average molecular weight is 223 g/mol. The van der Waals surface area contributed by atoms with Gasteiger partial charge >= 0.3 is 0 Å². The summed E-state index contributed by atoms with van der Waals surface area (Å²) in [4.78, 5) is 12.4. The molecule has 80 valence electrons. The summed E-state index contributed by atoms with van der Waals surface area (Å²) in [7, 11) is 0. The standard InChI is InChI=1S/C10H13N3OS/c14-10(8-5-11-13-15-8)12-9(6-1-2-6)7-3-4-7/h5-7,9H,1-4H2,(H,12,14). The lowest BCUT2D eigenvalue weighted by Gasteiger charge is -2.16. The number of nitrogens with zero attached hydrogens (tertiary/aromatic N) is 2. The van der Waals surface area contributed by atoms with Crippen LogP contribution in [-0.4, -0.2) is 21.5 Å². The topological polar surface area (TPSA) is 54.9 Å². The van der Waals surface area contributed by atoms with Crippen molar-refractivity contribution >= 4 is 17.4 Å². The van der Waals surface area contributed by atoms with E-state index in [1.807, 2.05) is 0 Å². The van der Waals surface area contributed by atoms with Crippen molar-refractivity contribution in [3.8, 4) is 0 Å². The Morgan fingerprint density at radius 1 is 1.40 bits per heavy atom. The Hall–Kier alpha value is -0.970. The van der Waals surface area contributed by atoms with Crippen molar-refractivity contribution in [2.24, 2.45) is 11.8 Å². The molecule has 1 aromatic heterocycles. The largest absolute Gasteiger partial charge is 0.348 e. The smallest absolute Gasteiger partial charge is 0.264 e. The summed E-state index contributed by atoms with van der Waals surface area (Å²) in [6.07, 6.45) is 6.66. The molecular weight excluding hydrogens is 210 g/mol. The van der Waals surface area contributed by atoms with Gasteiger partial charge in [-0.3, -0.25) is 4.79 Å². The first-order valence-electron chi connectivity index (χ1n) is 5.43. The van der Waals surface area contributed by atoms with Crippen molar-refractivity contribution in [2.75, 3.05) is 0 Å².